The van der Waals surface area contributed by atoms with Crippen LogP contribution in [0.5, 0.6) is 0 Å². The molecule has 1 aromatic rings. The van der Waals surface area contributed by atoms with Gasteiger partial charge < -0.3 is 15.5 Å². The molecule has 1 aromatic heterocycles. The minimum absolute atomic E-state index is 0.255. The molecule has 0 saturated carbocycles. The highest BCUT2D eigenvalue weighted by atomic mass is 16.4. The average molecular weight is 222 g/mol. The van der Waals surface area contributed by atoms with E-state index in [2.05, 4.69) is 10.3 Å². The van der Waals surface area contributed by atoms with Crippen molar-refractivity contribution >= 4 is 11.9 Å². The Morgan fingerprint density at radius 3 is 2.69 bits per heavy atom. The van der Waals surface area contributed by atoms with Crippen molar-refractivity contribution in [3.63, 3.8) is 0 Å². The zero-order valence-electron chi connectivity index (χ0n) is 8.36. The lowest BCUT2D eigenvalue weighted by atomic mass is 10.0. The molecule has 84 valence electrons. The van der Waals surface area contributed by atoms with Crippen molar-refractivity contribution < 1.29 is 19.8 Å². The van der Waals surface area contributed by atoms with E-state index in [-0.39, 0.29) is 11.3 Å². The number of carbonyl (C=O) groups is 2. The lowest BCUT2D eigenvalue weighted by molar-refractivity contribution is 0.0645. The summed E-state index contributed by atoms with van der Waals surface area (Å²) in [6, 6.07) is 1.39. The predicted molar refractivity (Wildman–Crippen MR) is 53.6 cm³/mol. The minimum atomic E-state index is -1.31. The second kappa shape index (κ2) is 3.90. The molecule has 0 amide bonds. The number of hydrogen-bond acceptors (Lipinski definition) is 4. The average Bonchev–Trinajstić information content (AvgIpc) is 2.27. The number of nitrogens with one attached hydrogen (secondary N) is 1. The van der Waals surface area contributed by atoms with Gasteiger partial charge in [0.05, 0.1) is 5.56 Å². The van der Waals surface area contributed by atoms with Gasteiger partial charge in [-0.25, -0.2) is 14.6 Å². The monoisotopic (exact) mass is 222 g/mol. The number of carboxylic acids is 2. The van der Waals surface area contributed by atoms with Crippen LogP contribution in [0.2, 0.25) is 0 Å². The molecule has 6 nitrogen and oxygen atoms in total. The van der Waals surface area contributed by atoms with Gasteiger partial charge in [-0.2, -0.15) is 0 Å². The number of hydrogen-bond donors (Lipinski definition) is 3. The summed E-state index contributed by atoms with van der Waals surface area (Å²) >= 11 is 0. The molecular formula is C10H10N2O4. The summed E-state index contributed by atoms with van der Waals surface area (Å²) in [5, 5.41) is 20.8. The molecular weight excluding hydrogens is 212 g/mol. The van der Waals surface area contributed by atoms with Crippen LogP contribution >= 0.6 is 0 Å². The van der Waals surface area contributed by atoms with E-state index in [0.717, 1.165) is 12.1 Å². The molecule has 0 atom stereocenters. The minimum Gasteiger partial charge on any atom is -0.478 e. The maximum Gasteiger partial charge on any atom is 0.355 e. The Labute approximate surface area is 90.9 Å². The van der Waals surface area contributed by atoms with E-state index >= 15 is 0 Å². The molecule has 1 aliphatic heterocycles. The second-order valence-electron chi connectivity index (χ2n) is 3.53. The third-order valence-electron chi connectivity index (χ3n) is 2.48. The molecule has 0 bridgehead atoms. The third-order valence-corrected chi connectivity index (χ3v) is 2.48. The van der Waals surface area contributed by atoms with Crippen LogP contribution in [0.25, 0.3) is 0 Å². The summed E-state index contributed by atoms with van der Waals surface area (Å²) in [4.78, 5) is 25.7. The van der Waals surface area contributed by atoms with Crippen LogP contribution in [0.1, 0.15) is 32.1 Å². The first-order valence-electron chi connectivity index (χ1n) is 4.79. The van der Waals surface area contributed by atoms with Gasteiger partial charge in [-0.15, -0.1) is 0 Å². The first-order valence-corrected chi connectivity index (χ1v) is 4.79. The van der Waals surface area contributed by atoms with Crippen LogP contribution in [0.4, 0.5) is 0 Å². The molecule has 0 aliphatic carbocycles. The molecule has 6 heteroatoms. The number of aromatic nitrogens is 1. The van der Waals surface area contributed by atoms with E-state index in [1.54, 1.807) is 0 Å². The lowest BCUT2D eigenvalue weighted by Gasteiger charge is -2.17. The standard InChI is InChI=1S/C10H10N2O4/c13-9(14)6-3-5-4-11-2-1-7(5)12-8(6)10(15)16/h3,11H,1-2,4H2,(H,13,14)(H,15,16). The van der Waals surface area contributed by atoms with Crippen molar-refractivity contribution in [1.29, 1.82) is 0 Å². The fourth-order valence-electron chi connectivity index (χ4n) is 1.72. The largest absolute Gasteiger partial charge is 0.478 e. The fraction of sp³-hybridized carbons (Fsp3) is 0.300. The number of aromatic carboxylic acids is 2. The number of pyridine rings is 1. The van der Waals surface area contributed by atoms with Gasteiger partial charge in [0.15, 0.2) is 5.69 Å². The van der Waals surface area contributed by atoms with Gasteiger partial charge in [-0.3, -0.25) is 0 Å². The zero-order chi connectivity index (χ0) is 11.7. The molecule has 0 unspecified atom stereocenters. The Morgan fingerprint density at radius 2 is 2.06 bits per heavy atom. The van der Waals surface area contributed by atoms with Crippen LogP contribution in [-0.2, 0) is 13.0 Å². The van der Waals surface area contributed by atoms with Crippen molar-refractivity contribution in [1.82, 2.24) is 10.3 Å². The molecule has 3 N–H and O–H groups in total. The molecule has 2 heterocycles. The normalized spacial score (nSPS) is 14.2. The number of nitrogens with zero attached hydrogens (tertiary/aromatic N) is 1. The van der Waals surface area contributed by atoms with Crippen LogP contribution in [0.15, 0.2) is 6.07 Å². The van der Waals surface area contributed by atoms with E-state index in [4.69, 9.17) is 10.2 Å². The molecule has 0 radical (unpaired) electrons. The van der Waals surface area contributed by atoms with Crippen LogP contribution < -0.4 is 5.32 Å². The summed E-state index contributed by atoms with van der Waals surface area (Å²) in [7, 11) is 0. The third kappa shape index (κ3) is 1.74. The highest BCUT2D eigenvalue weighted by Crippen LogP contribution is 2.17. The summed E-state index contributed by atoms with van der Waals surface area (Å²) < 4.78 is 0. The van der Waals surface area contributed by atoms with Gasteiger partial charge in [0.1, 0.15) is 0 Å². The summed E-state index contributed by atoms with van der Waals surface area (Å²) in [5.41, 5.74) is 0.790. The lowest BCUT2D eigenvalue weighted by Crippen LogP contribution is -2.26. The van der Waals surface area contributed by atoms with E-state index < -0.39 is 11.9 Å². The van der Waals surface area contributed by atoms with Crippen molar-refractivity contribution in [3.05, 3.63) is 28.6 Å². The van der Waals surface area contributed by atoms with Crippen molar-refractivity contribution in [2.24, 2.45) is 0 Å². The number of carboxylic acid groups (broad SMARTS) is 2. The van der Waals surface area contributed by atoms with Gasteiger partial charge in [0, 0.05) is 25.2 Å². The smallest absolute Gasteiger partial charge is 0.355 e. The first-order chi connectivity index (χ1) is 7.59. The van der Waals surface area contributed by atoms with Gasteiger partial charge in [0.25, 0.3) is 0 Å². The van der Waals surface area contributed by atoms with Gasteiger partial charge in [0.2, 0.25) is 0 Å². The number of rotatable bonds is 2. The maximum atomic E-state index is 10.9. The fourth-order valence-corrected chi connectivity index (χ4v) is 1.72. The maximum absolute atomic E-state index is 10.9. The summed E-state index contributed by atoms with van der Waals surface area (Å²) in [5.74, 6) is -2.57. The Hall–Kier alpha value is -1.95. The van der Waals surface area contributed by atoms with Gasteiger partial charge >= 0.3 is 11.9 Å². The summed E-state index contributed by atoms with van der Waals surface area (Å²) in [6.45, 7) is 1.26. The molecule has 0 spiro atoms. The van der Waals surface area contributed by atoms with Gasteiger partial charge in [-0.05, 0) is 11.6 Å². The molecule has 16 heavy (non-hydrogen) atoms. The van der Waals surface area contributed by atoms with Crippen LogP contribution in [0, 0.1) is 0 Å². The van der Waals surface area contributed by atoms with Crippen molar-refractivity contribution in [2.75, 3.05) is 6.54 Å². The van der Waals surface area contributed by atoms with Gasteiger partial charge in [-0.1, -0.05) is 0 Å². The second-order valence-corrected chi connectivity index (χ2v) is 3.53. The van der Waals surface area contributed by atoms with E-state index in [9.17, 15) is 9.59 Å². The Bertz CT molecular complexity index is 427. The molecule has 1 aliphatic rings. The van der Waals surface area contributed by atoms with Crippen molar-refractivity contribution in [3.8, 4) is 0 Å². The quantitative estimate of drug-likeness (QED) is 0.657. The van der Waals surface area contributed by atoms with E-state index in [1.807, 2.05) is 0 Å². The molecule has 0 fully saturated rings. The summed E-state index contributed by atoms with van der Waals surface area (Å²) in [6.07, 6.45) is 0.621. The zero-order valence-corrected chi connectivity index (χ0v) is 8.36. The topological polar surface area (TPSA) is 99.5 Å². The number of fused-ring (bicyclic) bond motifs is 1. The van der Waals surface area contributed by atoms with Crippen LogP contribution in [-0.4, -0.2) is 33.7 Å². The van der Waals surface area contributed by atoms with E-state index in [0.29, 0.717) is 18.7 Å². The molecule has 2 rings (SSSR count). The predicted octanol–water partition coefficient (Wildman–Crippen LogP) is 0.124. The Morgan fingerprint density at radius 1 is 1.31 bits per heavy atom. The van der Waals surface area contributed by atoms with Crippen LogP contribution in [0.3, 0.4) is 0 Å². The molecule has 0 aromatic carbocycles. The SMILES string of the molecule is O=C(O)c1cc2c(nc1C(=O)O)CCNC2. The van der Waals surface area contributed by atoms with E-state index in [1.165, 1.54) is 6.07 Å². The highest BCUT2D eigenvalue weighted by molar-refractivity contribution is 6.00. The Kier molecular flexibility index (Phi) is 2.57. The van der Waals surface area contributed by atoms with Crippen molar-refractivity contribution in [2.45, 2.75) is 13.0 Å². The Balaban J connectivity index is 2.59. The highest BCUT2D eigenvalue weighted by Gasteiger charge is 2.22. The first kappa shape index (κ1) is 10.6. The molecule has 0 saturated heterocycles.